The highest BCUT2D eigenvalue weighted by Crippen LogP contribution is 2.21. The van der Waals surface area contributed by atoms with Crippen molar-refractivity contribution in [2.24, 2.45) is 5.16 Å². The van der Waals surface area contributed by atoms with Gasteiger partial charge in [-0.25, -0.2) is 0 Å². The van der Waals surface area contributed by atoms with Crippen LogP contribution in [0.3, 0.4) is 0 Å². The average Bonchev–Trinajstić information content (AvgIpc) is 2.46. The molecule has 0 spiro atoms. The van der Waals surface area contributed by atoms with Gasteiger partial charge in [0, 0.05) is 5.56 Å². The Bertz CT molecular complexity index is 612. The number of rotatable bonds is 4. The van der Waals surface area contributed by atoms with E-state index in [0.29, 0.717) is 11.1 Å². The number of aromatic hydroxyl groups is 1. The van der Waals surface area contributed by atoms with Crippen LogP contribution >= 0.6 is 12.4 Å². The van der Waals surface area contributed by atoms with Gasteiger partial charge in [0.15, 0.2) is 5.78 Å². The summed E-state index contributed by atoms with van der Waals surface area (Å²) in [5, 5.41) is 13.4. The van der Waals surface area contributed by atoms with Crippen molar-refractivity contribution in [3.8, 4) is 5.75 Å². The number of nitrogens with zero attached hydrogens (tertiary/aromatic N) is 1. The van der Waals surface area contributed by atoms with Gasteiger partial charge in [-0.2, -0.15) is 0 Å². The van der Waals surface area contributed by atoms with Gasteiger partial charge in [-0.1, -0.05) is 35.5 Å². The topological polar surface area (TPSA) is 58.9 Å². The van der Waals surface area contributed by atoms with E-state index in [-0.39, 0.29) is 29.5 Å². The van der Waals surface area contributed by atoms with E-state index in [1.54, 1.807) is 36.4 Å². The van der Waals surface area contributed by atoms with Crippen molar-refractivity contribution in [1.82, 2.24) is 0 Å². The molecule has 0 saturated heterocycles. The fourth-order valence-electron chi connectivity index (χ4n) is 1.67. The van der Waals surface area contributed by atoms with E-state index < -0.39 is 0 Å². The van der Waals surface area contributed by atoms with Gasteiger partial charge in [0.05, 0.1) is 11.8 Å². The molecule has 20 heavy (non-hydrogen) atoms. The lowest BCUT2D eigenvalue weighted by atomic mass is 10.0. The van der Waals surface area contributed by atoms with Gasteiger partial charge in [-0.05, 0) is 23.8 Å². The minimum Gasteiger partial charge on any atom is -0.507 e. The van der Waals surface area contributed by atoms with Crippen LogP contribution in [0.1, 0.15) is 21.5 Å². The quantitative estimate of drug-likeness (QED) is 0.535. The number of carbonyl (C=O) groups is 1. The van der Waals surface area contributed by atoms with Crippen molar-refractivity contribution >= 4 is 24.4 Å². The number of carbonyl (C=O) groups excluding carboxylic acids is 1. The Labute approximate surface area is 123 Å². The van der Waals surface area contributed by atoms with Crippen molar-refractivity contribution in [2.75, 3.05) is 7.11 Å². The summed E-state index contributed by atoms with van der Waals surface area (Å²) in [4.78, 5) is 16.8. The SMILES string of the molecule is CON=Cc1ccc(O)c(C(=O)c2ccccc2)c1.Cl. The minimum atomic E-state index is -0.231. The van der Waals surface area contributed by atoms with Crippen molar-refractivity contribution in [3.05, 3.63) is 65.2 Å². The Hall–Kier alpha value is -2.33. The van der Waals surface area contributed by atoms with Gasteiger partial charge in [-0.3, -0.25) is 4.79 Å². The molecule has 0 aliphatic carbocycles. The maximum atomic E-state index is 12.3. The van der Waals surface area contributed by atoms with Gasteiger partial charge in [0.2, 0.25) is 0 Å². The number of hydrogen-bond acceptors (Lipinski definition) is 4. The van der Waals surface area contributed by atoms with Crippen LogP contribution in [0.25, 0.3) is 0 Å². The molecule has 0 radical (unpaired) electrons. The number of hydrogen-bond donors (Lipinski definition) is 1. The Balaban J connectivity index is 0.00000200. The fourth-order valence-corrected chi connectivity index (χ4v) is 1.67. The van der Waals surface area contributed by atoms with Crippen LogP contribution in [0.2, 0.25) is 0 Å². The number of halogens is 1. The van der Waals surface area contributed by atoms with Crippen molar-refractivity contribution in [1.29, 1.82) is 0 Å². The highest BCUT2D eigenvalue weighted by atomic mass is 35.5. The molecule has 0 amide bonds. The second-order valence-electron chi connectivity index (χ2n) is 3.89. The highest BCUT2D eigenvalue weighted by molar-refractivity contribution is 6.11. The summed E-state index contributed by atoms with van der Waals surface area (Å²) in [6.45, 7) is 0. The Kier molecular flexibility index (Phi) is 5.74. The molecule has 4 nitrogen and oxygen atoms in total. The molecule has 0 saturated carbocycles. The third-order valence-electron chi connectivity index (χ3n) is 2.61. The van der Waals surface area contributed by atoms with Crippen LogP contribution in [0.15, 0.2) is 53.7 Å². The van der Waals surface area contributed by atoms with E-state index in [2.05, 4.69) is 9.99 Å². The smallest absolute Gasteiger partial charge is 0.196 e. The monoisotopic (exact) mass is 291 g/mol. The first-order valence-electron chi connectivity index (χ1n) is 5.71. The Morgan fingerprint density at radius 3 is 2.55 bits per heavy atom. The molecule has 0 aliphatic rings. The van der Waals surface area contributed by atoms with Crippen LogP contribution in [-0.4, -0.2) is 24.2 Å². The fraction of sp³-hybridized carbons (Fsp3) is 0.0667. The van der Waals surface area contributed by atoms with Crippen LogP contribution < -0.4 is 0 Å². The van der Waals surface area contributed by atoms with E-state index in [1.165, 1.54) is 19.4 Å². The summed E-state index contributed by atoms with van der Waals surface area (Å²) in [5.74, 6) is -0.283. The average molecular weight is 292 g/mol. The normalized spacial score (nSPS) is 10.1. The standard InChI is InChI=1S/C15H13NO3.ClH/c1-19-16-10-11-7-8-14(17)13(9-11)15(18)12-5-3-2-4-6-12;/h2-10,17H,1H3;1H. The van der Waals surface area contributed by atoms with Gasteiger partial charge in [-0.15, -0.1) is 12.4 Å². The molecule has 5 heteroatoms. The molecule has 104 valence electrons. The number of ketones is 1. The summed E-state index contributed by atoms with van der Waals surface area (Å²) in [5.41, 5.74) is 1.45. The maximum Gasteiger partial charge on any atom is 0.196 e. The Morgan fingerprint density at radius 1 is 1.20 bits per heavy atom. The lowest BCUT2D eigenvalue weighted by molar-refractivity contribution is 0.103. The van der Waals surface area contributed by atoms with Crippen LogP contribution in [-0.2, 0) is 4.84 Å². The summed E-state index contributed by atoms with van der Waals surface area (Å²) >= 11 is 0. The molecule has 0 fully saturated rings. The summed E-state index contributed by atoms with van der Waals surface area (Å²) < 4.78 is 0. The molecular formula is C15H14ClNO3. The van der Waals surface area contributed by atoms with Crippen LogP contribution in [0.5, 0.6) is 5.75 Å². The van der Waals surface area contributed by atoms with E-state index >= 15 is 0 Å². The van der Waals surface area contributed by atoms with Crippen molar-refractivity contribution in [3.63, 3.8) is 0 Å². The zero-order chi connectivity index (χ0) is 13.7. The third kappa shape index (κ3) is 3.59. The molecule has 0 unspecified atom stereocenters. The second-order valence-corrected chi connectivity index (χ2v) is 3.89. The van der Waals surface area contributed by atoms with Gasteiger partial charge in [0.1, 0.15) is 12.9 Å². The number of benzene rings is 2. The van der Waals surface area contributed by atoms with E-state index in [1.807, 2.05) is 6.07 Å². The van der Waals surface area contributed by atoms with Crippen LogP contribution in [0.4, 0.5) is 0 Å². The Morgan fingerprint density at radius 2 is 1.90 bits per heavy atom. The first-order valence-corrected chi connectivity index (χ1v) is 5.71. The first-order chi connectivity index (χ1) is 9.22. The van der Waals surface area contributed by atoms with E-state index in [9.17, 15) is 9.90 Å². The lowest BCUT2D eigenvalue weighted by Crippen LogP contribution is -2.02. The molecule has 0 atom stereocenters. The van der Waals surface area contributed by atoms with Crippen LogP contribution in [0, 0.1) is 0 Å². The van der Waals surface area contributed by atoms with Crippen molar-refractivity contribution < 1.29 is 14.7 Å². The lowest BCUT2D eigenvalue weighted by Gasteiger charge is -2.05. The summed E-state index contributed by atoms with van der Waals surface area (Å²) in [7, 11) is 1.44. The molecule has 2 aromatic rings. The van der Waals surface area contributed by atoms with Gasteiger partial charge in [0.25, 0.3) is 0 Å². The first kappa shape index (κ1) is 15.7. The number of oxime groups is 1. The van der Waals surface area contributed by atoms with Crippen molar-refractivity contribution in [2.45, 2.75) is 0 Å². The number of phenolic OH excluding ortho intramolecular Hbond substituents is 1. The zero-order valence-corrected chi connectivity index (χ0v) is 11.6. The molecule has 0 aliphatic heterocycles. The molecule has 0 aromatic heterocycles. The minimum absolute atomic E-state index is 0. The molecular weight excluding hydrogens is 278 g/mol. The number of phenols is 1. The maximum absolute atomic E-state index is 12.3. The molecule has 2 rings (SSSR count). The molecule has 0 heterocycles. The van der Waals surface area contributed by atoms with Gasteiger partial charge < -0.3 is 9.94 Å². The summed E-state index contributed by atoms with van der Waals surface area (Å²) in [6, 6.07) is 13.5. The van der Waals surface area contributed by atoms with E-state index in [4.69, 9.17) is 0 Å². The predicted molar refractivity (Wildman–Crippen MR) is 79.8 cm³/mol. The molecule has 0 bridgehead atoms. The van der Waals surface area contributed by atoms with Gasteiger partial charge >= 0.3 is 0 Å². The predicted octanol–water partition coefficient (Wildman–Crippen LogP) is 3.03. The summed E-state index contributed by atoms with van der Waals surface area (Å²) in [6.07, 6.45) is 1.47. The second kappa shape index (κ2) is 7.31. The largest absolute Gasteiger partial charge is 0.507 e. The highest BCUT2D eigenvalue weighted by Gasteiger charge is 2.13. The molecule has 1 N–H and O–H groups in total. The third-order valence-corrected chi connectivity index (χ3v) is 2.61. The zero-order valence-electron chi connectivity index (χ0n) is 10.8. The van der Waals surface area contributed by atoms with E-state index in [0.717, 1.165) is 0 Å². The molecule has 2 aromatic carbocycles.